The van der Waals surface area contributed by atoms with Crippen LogP contribution in [0.25, 0.3) is 5.65 Å². The van der Waals surface area contributed by atoms with E-state index in [9.17, 15) is 8.42 Å². The second-order valence-corrected chi connectivity index (χ2v) is 9.66. The molecular weight excluding hydrogens is 392 g/mol. The molecule has 156 valence electrons. The maximum atomic E-state index is 13.2. The van der Waals surface area contributed by atoms with Gasteiger partial charge in [0.25, 0.3) is 0 Å². The van der Waals surface area contributed by atoms with Crippen LogP contribution in [0.5, 0.6) is 5.88 Å². The highest BCUT2D eigenvalue weighted by Crippen LogP contribution is 2.34. The molecule has 1 fully saturated rings. The maximum absolute atomic E-state index is 13.2. The van der Waals surface area contributed by atoms with Crippen molar-refractivity contribution in [3.05, 3.63) is 35.9 Å². The number of aromatic nitrogens is 5. The van der Waals surface area contributed by atoms with Gasteiger partial charge in [-0.1, -0.05) is 0 Å². The second kappa shape index (κ2) is 7.42. The zero-order valence-corrected chi connectivity index (χ0v) is 17.9. The standard InChI is InChI=1S/C19H26N6O3S/c1-13(2)28-19-17(10-21-23(19)4)29(26,27)24-7-5-15(6-8-24)16-11-25-18(9-14(16)3)20-12-22-25/h9-13,15H,5-8H2,1-4H3. The van der Waals surface area contributed by atoms with Crippen molar-refractivity contribution in [1.29, 1.82) is 0 Å². The molecule has 3 aromatic heterocycles. The molecule has 0 aliphatic carbocycles. The quantitative estimate of drug-likeness (QED) is 0.630. The Labute approximate surface area is 170 Å². The number of nitrogens with zero attached hydrogens (tertiary/aromatic N) is 6. The summed E-state index contributed by atoms with van der Waals surface area (Å²) in [5.74, 6) is 0.574. The molecule has 4 heterocycles. The highest BCUT2D eigenvalue weighted by atomic mass is 32.2. The normalized spacial score (nSPS) is 16.7. The lowest BCUT2D eigenvalue weighted by Crippen LogP contribution is -2.38. The van der Waals surface area contributed by atoms with Gasteiger partial charge in [-0.05, 0) is 56.7 Å². The number of pyridine rings is 1. The molecule has 0 bridgehead atoms. The molecule has 0 unspecified atom stereocenters. The maximum Gasteiger partial charge on any atom is 0.250 e. The summed E-state index contributed by atoms with van der Waals surface area (Å²) >= 11 is 0. The van der Waals surface area contributed by atoms with Gasteiger partial charge < -0.3 is 4.74 Å². The molecule has 1 aliphatic heterocycles. The molecule has 1 aliphatic rings. The van der Waals surface area contributed by atoms with E-state index in [1.807, 2.05) is 26.1 Å². The van der Waals surface area contributed by atoms with Gasteiger partial charge in [0, 0.05) is 26.3 Å². The molecule has 10 heteroatoms. The van der Waals surface area contributed by atoms with Crippen molar-refractivity contribution in [2.24, 2.45) is 7.05 Å². The Bertz CT molecular complexity index is 1130. The molecule has 9 nitrogen and oxygen atoms in total. The number of ether oxygens (including phenoxy) is 1. The van der Waals surface area contributed by atoms with Crippen molar-refractivity contribution in [3.8, 4) is 5.88 Å². The third kappa shape index (κ3) is 3.62. The first kappa shape index (κ1) is 19.8. The van der Waals surface area contributed by atoms with E-state index < -0.39 is 10.0 Å². The molecule has 4 rings (SSSR count). The predicted octanol–water partition coefficient (Wildman–Crippen LogP) is 2.13. The molecule has 0 spiro atoms. The summed E-state index contributed by atoms with van der Waals surface area (Å²) in [5, 5.41) is 8.32. The van der Waals surface area contributed by atoms with Crippen LogP contribution in [0.2, 0.25) is 0 Å². The summed E-state index contributed by atoms with van der Waals surface area (Å²) in [4.78, 5) is 4.35. The fraction of sp³-hybridized carbons (Fsp3) is 0.526. The summed E-state index contributed by atoms with van der Waals surface area (Å²) in [7, 11) is -1.97. The first-order valence-electron chi connectivity index (χ1n) is 9.76. The first-order chi connectivity index (χ1) is 13.8. The summed E-state index contributed by atoms with van der Waals surface area (Å²) in [5.41, 5.74) is 3.18. The van der Waals surface area contributed by atoms with E-state index in [1.54, 1.807) is 17.9 Å². The average Bonchev–Trinajstić information content (AvgIpc) is 3.27. The lowest BCUT2D eigenvalue weighted by molar-refractivity contribution is 0.214. The summed E-state index contributed by atoms with van der Waals surface area (Å²) in [6, 6.07) is 2.02. The number of rotatable bonds is 5. The molecule has 3 aromatic rings. The molecule has 0 amide bonds. The molecule has 0 atom stereocenters. The molecule has 1 saturated heterocycles. The monoisotopic (exact) mass is 418 g/mol. The predicted molar refractivity (Wildman–Crippen MR) is 107 cm³/mol. The third-order valence-corrected chi connectivity index (χ3v) is 7.26. The Kier molecular flexibility index (Phi) is 5.07. The van der Waals surface area contributed by atoms with Gasteiger partial charge in [0.05, 0.1) is 12.3 Å². The molecule has 0 aromatic carbocycles. The minimum Gasteiger partial charge on any atom is -0.474 e. The number of sulfonamides is 1. The van der Waals surface area contributed by atoms with Gasteiger partial charge in [0.1, 0.15) is 6.33 Å². The van der Waals surface area contributed by atoms with Crippen LogP contribution in [0.1, 0.15) is 43.7 Å². The van der Waals surface area contributed by atoms with E-state index >= 15 is 0 Å². The average molecular weight is 419 g/mol. The van der Waals surface area contributed by atoms with Gasteiger partial charge >= 0.3 is 0 Å². The molecular formula is C19H26N6O3S. The fourth-order valence-corrected chi connectivity index (χ4v) is 5.44. The molecule has 29 heavy (non-hydrogen) atoms. The smallest absolute Gasteiger partial charge is 0.250 e. The van der Waals surface area contributed by atoms with Gasteiger partial charge in [-0.15, -0.1) is 0 Å². The molecule has 0 radical (unpaired) electrons. The Morgan fingerprint density at radius 1 is 1.21 bits per heavy atom. The minimum absolute atomic E-state index is 0.132. The van der Waals surface area contributed by atoms with Gasteiger partial charge in [0.2, 0.25) is 15.9 Å². The molecule has 0 saturated carbocycles. The van der Waals surface area contributed by atoms with Crippen LogP contribution < -0.4 is 4.74 Å². The van der Waals surface area contributed by atoms with Crippen LogP contribution >= 0.6 is 0 Å². The van der Waals surface area contributed by atoms with Crippen LogP contribution in [0.4, 0.5) is 0 Å². The lowest BCUT2D eigenvalue weighted by atomic mass is 9.89. The van der Waals surface area contributed by atoms with Crippen molar-refractivity contribution >= 4 is 15.7 Å². The van der Waals surface area contributed by atoms with Gasteiger partial charge in [-0.25, -0.2) is 22.6 Å². The van der Waals surface area contributed by atoms with Crippen LogP contribution in [0, 0.1) is 6.92 Å². The third-order valence-electron chi connectivity index (χ3n) is 5.37. The van der Waals surface area contributed by atoms with Crippen LogP contribution in [-0.2, 0) is 17.1 Å². The van der Waals surface area contributed by atoms with E-state index in [-0.39, 0.29) is 22.8 Å². The van der Waals surface area contributed by atoms with Gasteiger partial charge in [-0.2, -0.15) is 14.5 Å². The van der Waals surface area contributed by atoms with E-state index in [4.69, 9.17) is 4.74 Å². The van der Waals surface area contributed by atoms with Crippen molar-refractivity contribution in [2.75, 3.05) is 13.1 Å². The number of hydrogen-bond acceptors (Lipinski definition) is 6. The fourth-order valence-electron chi connectivity index (χ4n) is 3.89. The summed E-state index contributed by atoms with van der Waals surface area (Å²) in [6.07, 6.45) is 6.30. The Morgan fingerprint density at radius 2 is 1.93 bits per heavy atom. The van der Waals surface area contributed by atoms with Crippen LogP contribution in [-0.4, -0.2) is 56.3 Å². The van der Waals surface area contributed by atoms with E-state index in [1.165, 1.54) is 20.7 Å². The second-order valence-electron chi connectivity index (χ2n) is 7.76. The largest absolute Gasteiger partial charge is 0.474 e. The zero-order valence-electron chi connectivity index (χ0n) is 17.1. The number of piperidine rings is 1. The number of aryl methyl sites for hydroxylation is 2. The highest BCUT2D eigenvalue weighted by Gasteiger charge is 2.34. The summed E-state index contributed by atoms with van der Waals surface area (Å²) in [6.45, 7) is 6.71. The Balaban J connectivity index is 1.54. The van der Waals surface area contributed by atoms with E-state index in [2.05, 4.69) is 22.1 Å². The number of fused-ring (bicyclic) bond motifs is 1. The van der Waals surface area contributed by atoms with Crippen molar-refractivity contribution in [3.63, 3.8) is 0 Å². The number of hydrogen-bond donors (Lipinski definition) is 0. The first-order valence-corrected chi connectivity index (χ1v) is 11.2. The minimum atomic E-state index is -3.66. The van der Waals surface area contributed by atoms with Crippen LogP contribution in [0.15, 0.2) is 29.7 Å². The van der Waals surface area contributed by atoms with Crippen molar-refractivity contribution in [1.82, 2.24) is 28.7 Å². The Morgan fingerprint density at radius 3 is 2.62 bits per heavy atom. The Hall–Kier alpha value is -2.46. The zero-order chi connectivity index (χ0) is 20.8. The lowest BCUT2D eigenvalue weighted by Gasteiger charge is -2.32. The van der Waals surface area contributed by atoms with Crippen LogP contribution in [0.3, 0.4) is 0 Å². The van der Waals surface area contributed by atoms with Crippen molar-refractivity contribution < 1.29 is 13.2 Å². The van der Waals surface area contributed by atoms with Gasteiger partial charge in [0.15, 0.2) is 10.5 Å². The SMILES string of the molecule is Cc1cc2ncnn2cc1C1CCN(S(=O)(=O)c2cnn(C)c2OC(C)C)CC1. The highest BCUT2D eigenvalue weighted by molar-refractivity contribution is 7.89. The van der Waals surface area contributed by atoms with E-state index in [0.29, 0.717) is 13.1 Å². The summed E-state index contributed by atoms with van der Waals surface area (Å²) < 4.78 is 36.9. The molecule has 0 N–H and O–H groups in total. The topological polar surface area (TPSA) is 94.6 Å². The van der Waals surface area contributed by atoms with Crippen molar-refractivity contribution in [2.45, 2.75) is 50.5 Å². The van der Waals surface area contributed by atoms with E-state index in [0.717, 1.165) is 24.1 Å². The van der Waals surface area contributed by atoms with Gasteiger partial charge in [-0.3, -0.25) is 0 Å².